The Morgan fingerprint density at radius 2 is 2.25 bits per heavy atom. The summed E-state index contributed by atoms with van der Waals surface area (Å²) in [6, 6.07) is 3.09. The first-order valence-electron chi connectivity index (χ1n) is 5.89. The molecule has 0 N–H and O–H groups in total. The molecule has 0 fully saturated rings. The summed E-state index contributed by atoms with van der Waals surface area (Å²) in [6.45, 7) is 2.71. The second-order valence-corrected chi connectivity index (χ2v) is 4.95. The van der Waals surface area contributed by atoms with Gasteiger partial charge in [-0.05, 0) is 28.9 Å². The third-order valence-corrected chi connectivity index (χ3v) is 3.43. The van der Waals surface area contributed by atoms with Gasteiger partial charge >= 0.3 is 0 Å². The van der Waals surface area contributed by atoms with E-state index in [1.807, 2.05) is 13.1 Å². The summed E-state index contributed by atoms with van der Waals surface area (Å²) >= 11 is 3.44. The SMILES string of the molecule is CCn1cc(Br)c(-c2ccnc3cc(C(=O)[O-])nn23)n1. The maximum absolute atomic E-state index is 10.9. The number of aromatic nitrogens is 5. The second kappa shape index (κ2) is 4.71. The molecule has 0 bridgehead atoms. The van der Waals surface area contributed by atoms with Crippen LogP contribution < -0.4 is 5.11 Å². The lowest BCUT2D eigenvalue weighted by molar-refractivity contribution is -0.255. The molecule has 0 saturated carbocycles. The van der Waals surface area contributed by atoms with Crippen LogP contribution in [0, 0.1) is 0 Å². The monoisotopic (exact) mass is 334 g/mol. The van der Waals surface area contributed by atoms with Crippen molar-refractivity contribution in [1.29, 1.82) is 0 Å². The van der Waals surface area contributed by atoms with Crippen molar-refractivity contribution >= 4 is 27.5 Å². The van der Waals surface area contributed by atoms with E-state index in [2.05, 4.69) is 31.1 Å². The van der Waals surface area contributed by atoms with Crippen molar-refractivity contribution in [2.75, 3.05) is 0 Å². The van der Waals surface area contributed by atoms with E-state index in [1.54, 1.807) is 16.9 Å². The standard InChI is InChI=1S/C12H10BrN5O2/c1-2-17-6-7(13)11(16-17)9-3-4-14-10-5-8(12(19)20)15-18(9)10/h3-6H,2H2,1H3,(H,19,20)/p-1. The average molecular weight is 335 g/mol. The van der Waals surface area contributed by atoms with E-state index in [9.17, 15) is 9.90 Å². The Bertz CT molecular complexity index is 807. The lowest BCUT2D eigenvalue weighted by Crippen LogP contribution is -2.22. The van der Waals surface area contributed by atoms with Crippen LogP contribution in [0.4, 0.5) is 0 Å². The second-order valence-electron chi connectivity index (χ2n) is 4.10. The van der Waals surface area contributed by atoms with Crippen LogP contribution in [0.2, 0.25) is 0 Å². The van der Waals surface area contributed by atoms with Gasteiger partial charge in [0, 0.05) is 25.0 Å². The molecular formula is C12H9BrN5O2-. The third-order valence-electron chi connectivity index (χ3n) is 2.85. The van der Waals surface area contributed by atoms with E-state index in [1.165, 1.54) is 10.6 Å². The van der Waals surface area contributed by atoms with E-state index in [4.69, 9.17) is 0 Å². The molecule has 7 nitrogen and oxygen atoms in total. The Labute approximate surface area is 122 Å². The molecule has 0 aliphatic rings. The summed E-state index contributed by atoms with van der Waals surface area (Å²) in [5.74, 6) is -1.33. The number of hydrogen-bond donors (Lipinski definition) is 0. The van der Waals surface area contributed by atoms with Crippen molar-refractivity contribution < 1.29 is 9.90 Å². The number of aromatic carboxylic acids is 1. The Morgan fingerprint density at radius 1 is 1.45 bits per heavy atom. The minimum Gasteiger partial charge on any atom is -0.543 e. The number of fused-ring (bicyclic) bond motifs is 1. The van der Waals surface area contributed by atoms with Gasteiger partial charge in [-0.25, -0.2) is 9.50 Å². The van der Waals surface area contributed by atoms with Crippen LogP contribution in [-0.4, -0.2) is 30.3 Å². The van der Waals surface area contributed by atoms with Gasteiger partial charge < -0.3 is 9.90 Å². The number of carboxylic acid groups (broad SMARTS) is 1. The molecule has 3 aromatic heterocycles. The summed E-state index contributed by atoms with van der Waals surface area (Å²) in [6.07, 6.45) is 3.44. The van der Waals surface area contributed by atoms with Crippen LogP contribution in [-0.2, 0) is 6.54 Å². The lowest BCUT2D eigenvalue weighted by atomic mass is 10.3. The number of carbonyl (C=O) groups is 1. The minimum absolute atomic E-state index is 0.156. The molecule has 0 saturated heterocycles. The topological polar surface area (TPSA) is 88.1 Å². The van der Waals surface area contributed by atoms with Gasteiger partial charge in [0.25, 0.3) is 0 Å². The molecule has 0 unspecified atom stereocenters. The van der Waals surface area contributed by atoms with Crippen LogP contribution >= 0.6 is 15.9 Å². The average Bonchev–Trinajstić information content (AvgIpc) is 3.01. The number of carbonyl (C=O) groups excluding carboxylic acids is 1. The van der Waals surface area contributed by atoms with Gasteiger partial charge in [-0.15, -0.1) is 0 Å². The Morgan fingerprint density at radius 3 is 2.90 bits per heavy atom. The summed E-state index contributed by atoms with van der Waals surface area (Å²) in [5, 5.41) is 19.3. The zero-order valence-corrected chi connectivity index (χ0v) is 12.0. The van der Waals surface area contributed by atoms with Crippen LogP contribution in [0.1, 0.15) is 17.4 Å². The van der Waals surface area contributed by atoms with Crippen molar-refractivity contribution in [2.45, 2.75) is 13.5 Å². The van der Waals surface area contributed by atoms with Crippen molar-refractivity contribution in [3.63, 3.8) is 0 Å². The summed E-state index contributed by atoms with van der Waals surface area (Å²) in [7, 11) is 0. The van der Waals surface area contributed by atoms with Crippen molar-refractivity contribution in [2.24, 2.45) is 0 Å². The molecule has 20 heavy (non-hydrogen) atoms. The van der Waals surface area contributed by atoms with E-state index < -0.39 is 5.97 Å². The van der Waals surface area contributed by atoms with Gasteiger partial charge in [0.05, 0.1) is 16.1 Å². The highest BCUT2D eigenvalue weighted by atomic mass is 79.9. The molecule has 0 amide bonds. The van der Waals surface area contributed by atoms with Crippen LogP contribution in [0.3, 0.4) is 0 Å². The predicted octanol–water partition coefficient (Wildman–Crippen LogP) is 0.739. The molecule has 0 aliphatic carbocycles. The van der Waals surface area contributed by atoms with Crippen LogP contribution in [0.15, 0.2) is 29.0 Å². The number of carboxylic acids is 1. The Balaban J connectivity index is 2.24. The van der Waals surface area contributed by atoms with Crippen molar-refractivity contribution in [3.05, 3.63) is 34.7 Å². The Hall–Kier alpha value is -2.22. The molecule has 0 spiro atoms. The van der Waals surface area contributed by atoms with E-state index >= 15 is 0 Å². The summed E-state index contributed by atoms with van der Waals surface area (Å²) in [5.41, 5.74) is 1.60. The quantitative estimate of drug-likeness (QED) is 0.704. The van der Waals surface area contributed by atoms with Crippen LogP contribution in [0.25, 0.3) is 17.0 Å². The fourth-order valence-corrected chi connectivity index (χ4v) is 2.43. The molecule has 3 aromatic rings. The molecule has 0 radical (unpaired) electrons. The van der Waals surface area contributed by atoms with Gasteiger partial charge in [0.2, 0.25) is 0 Å². The molecule has 3 rings (SSSR count). The maximum Gasteiger partial charge on any atom is 0.156 e. The largest absolute Gasteiger partial charge is 0.543 e. The van der Waals surface area contributed by atoms with Crippen molar-refractivity contribution in [3.8, 4) is 11.4 Å². The first-order valence-corrected chi connectivity index (χ1v) is 6.69. The highest BCUT2D eigenvalue weighted by molar-refractivity contribution is 9.10. The maximum atomic E-state index is 10.9. The van der Waals surface area contributed by atoms with Crippen molar-refractivity contribution in [1.82, 2.24) is 24.4 Å². The highest BCUT2D eigenvalue weighted by Crippen LogP contribution is 2.26. The number of nitrogens with zero attached hydrogens (tertiary/aromatic N) is 5. The smallest absolute Gasteiger partial charge is 0.156 e. The number of rotatable bonds is 3. The van der Waals surface area contributed by atoms with Gasteiger partial charge in [-0.2, -0.15) is 10.2 Å². The number of hydrogen-bond acceptors (Lipinski definition) is 5. The first kappa shape index (κ1) is 12.8. The lowest BCUT2D eigenvalue weighted by Gasteiger charge is -2.01. The molecule has 0 aromatic carbocycles. The minimum atomic E-state index is -1.33. The molecule has 0 aliphatic heterocycles. The number of aryl methyl sites for hydroxylation is 1. The fraction of sp³-hybridized carbons (Fsp3) is 0.167. The Kier molecular flexibility index (Phi) is 3.01. The zero-order valence-electron chi connectivity index (χ0n) is 10.4. The fourth-order valence-electron chi connectivity index (χ4n) is 1.91. The van der Waals surface area contributed by atoms with Gasteiger partial charge in [0.15, 0.2) is 5.65 Å². The summed E-state index contributed by atoms with van der Waals surface area (Å²) < 4.78 is 4.02. The molecule has 0 atom stereocenters. The van der Waals surface area contributed by atoms with E-state index in [0.29, 0.717) is 17.0 Å². The summed E-state index contributed by atoms with van der Waals surface area (Å²) in [4.78, 5) is 15.0. The molecule has 8 heteroatoms. The van der Waals surface area contributed by atoms with Gasteiger partial charge in [-0.1, -0.05) is 0 Å². The highest BCUT2D eigenvalue weighted by Gasteiger charge is 2.14. The normalized spacial score (nSPS) is 11.1. The predicted molar refractivity (Wildman–Crippen MR) is 71.9 cm³/mol. The van der Waals surface area contributed by atoms with Gasteiger partial charge in [-0.3, -0.25) is 4.68 Å². The zero-order chi connectivity index (χ0) is 14.3. The first-order chi connectivity index (χ1) is 9.60. The van der Waals surface area contributed by atoms with Crippen LogP contribution in [0.5, 0.6) is 0 Å². The van der Waals surface area contributed by atoms with Gasteiger partial charge in [0.1, 0.15) is 11.4 Å². The van der Waals surface area contributed by atoms with E-state index in [0.717, 1.165) is 11.0 Å². The van der Waals surface area contributed by atoms with E-state index in [-0.39, 0.29) is 5.69 Å². The molecule has 102 valence electrons. The number of halogens is 1. The molecule has 3 heterocycles. The molecular weight excluding hydrogens is 326 g/mol. The third kappa shape index (κ3) is 1.97.